The van der Waals surface area contributed by atoms with Crippen LogP contribution in [0.2, 0.25) is 0 Å². The number of anilines is 1. The van der Waals surface area contributed by atoms with Gasteiger partial charge in [-0.1, -0.05) is 12.1 Å². The van der Waals surface area contributed by atoms with Crippen LogP contribution in [-0.4, -0.2) is 36.2 Å². The first kappa shape index (κ1) is 13.4. The van der Waals surface area contributed by atoms with Gasteiger partial charge in [0.15, 0.2) is 0 Å². The fourth-order valence-electron chi connectivity index (χ4n) is 2.20. The number of amides is 1. The predicted molar refractivity (Wildman–Crippen MR) is 74.6 cm³/mol. The average Bonchev–Trinajstić information content (AvgIpc) is 2.48. The van der Waals surface area contributed by atoms with Crippen molar-refractivity contribution >= 4 is 27.5 Å². The lowest BCUT2D eigenvalue weighted by molar-refractivity contribution is -0.123. The Labute approximate surface area is 115 Å². The molecule has 0 spiro atoms. The zero-order chi connectivity index (χ0) is 13.1. The third-order valence-corrected chi connectivity index (χ3v) is 3.88. The molecule has 1 aliphatic rings. The van der Waals surface area contributed by atoms with Crippen LogP contribution in [0.4, 0.5) is 5.69 Å². The smallest absolute Gasteiger partial charge is 0.245 e. The van der Waals surface area contributed by atoms with E-state index in [2.05, 4.69) is 21.2 Å². The van der Waals surface area contributed by atoms with Crippen molar-refractivity contribution in [2.24, 2.45) is 0 Å². The molecule has 1 saturated heterocycles. The molecule has 1 aromatic carbocycles. The third-order valence-electron chi connectivity index (χ3n) is 3.21. The number of carbonyl (C=O) groups is 1. The monoisotopic (exact) mass is 312 g/mol. The summed E-state index contributed by atoms with van der Waals surface area (Å²) in [6, 6.07) is 7.38. The van der Waals surface area contributed by atoms with E-state index in [1.807, 2.05) is 36.1 Å². The second kappa shape index (κ2) is 5.71. The number of nitrogens with one attached hydrogen (secondary N) is 1. The van der Waals surface area contributed by atoms with Crippen molar-refractivity contribution in [2.75, 3.05) is 18.1 Å². The van der Waals surface area contributed by atoms with E-state index in [1.165, 1.54) is 0 Å². The topological polar surface area (TPSA) is 52.6 Å². The van der Waals surface area contributed by atoms with Crippen molar-refractivity contribution in [3.63, 3.8) is 0 Å². The number of benzene rings is 1. The highest BCUT2D eigenvalue weighted by atomic mass is 79.9. The summed E-state index contributed by atoms with van der Waals surface area (Å²) in [5, 5.41) is 12.4. The van der Waals surface area contributed by atoms with Gasteiger partial charge in [0.25, 0.3) is 0 Å². The lowest BCUT2D eigenvalue weighted by atomic mass is 10.2. The summed E-state index contributed by atoms with van der Waals surface area (Å²) in [5.41, 5.74) is 0.945. The number of para-hydroxylation sites is 1. The zero-order valence-electron chi connectivity index (χ0n) is 10.3. The van der Waals surface area contributed by atoms with Crippen molar-refractivity contribution in [2.45, 2.75) is 25.4 Å². The second-order valence-corrected chi connectivity index (χ2v) is 5.40. The summed E-state index contributed by atoms with van der Waals surface area (Å²) >= 11 is 3.49. The molecule has 1 heterocycles. The molecule has 4 nitrogen and oxygen atoms in total. The zero-order valence-corrected chi connectivity index (χ0v) is 11.9. The van der Waals surface area contributed by atoms with Crippen LogP contribution >= 0.6 is 15.9 Å². The van der Waals surface area contributed by atoms with Gasteiger partial charge in [-0.05, 0) is 41.4 Å². The molecule has 1 aliphatic heterocycles. The molecule has 1 fully saturated rings. The summed E-state index contributed by atoms with van der Waals surface area (Å²) in [7, 11) is 0. The number of nitrogens with zero attached hydrogens (tertiary/aromatic N) is 1. The highest BCUT2D eigenvalue weighted by molar-refractivity contribution is 9.10. The standard InChI is InChI=1S/C13H17BrN2O2/c1-9-6-7-16(12(8-17)13(18)15-9)11-5-3-2-4-10(11)14/h2-5,9,12,17H,6-8H2,1H3,(H,15,18). The van der Waals surface area contributed by atoms with E-state index in [0.717, 1.165) is 23.1 Å². The Morgan fingerprint density at radius 2 is 2.22 bits per heavy atom. The number of rotatable bonds is 2. The molecule has 0 saturated carbocycles. The maximum Gasteiger partial charge on any atom is 0.245 e. The van der Waals surface area contributed by atoms with Crippen molar-refractivity contribution in [1.29, 1.82) is 0 Å². The molecular formula is C13H17BrN2O2. The minimum absolute atomic E-state index is 0.113. The molecule has 0 aliphatic carbocycles. The van der Waals surface area contributed by atoms with Crippen molar-refractivity contribution < 1.29 is 9.90 Å². The molecule has 2 unspecified atom stereocenters. The number of hydrogen-bond donors (Lipinski definition) is 2. The van der Waals surface area contributed by atoms with Gasteiger partial charge in [0.2, 0.25) is 5.91 Å². The van der Waals surface area contributed by atoms with Crippen LogP contribution in [0.1, 0.15) is 13.3 Å². The normalized spacial score (nSPS) is 24.6. The highest BCUT2D eigenvalue weighted by Gasteiger charge is 2.30. The molecule has 2 atom stereocenters. The van der Waals surface area contributed by atoms with Crippen LogP contribution in [0.3, 0.4) is 0 Å². The Kier molecular flexibility index (Phi) is 4.24. The number of halogens is 1. The number of aliphatic hydroxyl groups is 1. The van der Waals surface area contributed by atoms with Crippen LogP contribution in [0.15, 0.2) is 28.7 Å². The number of aliphatic hydroxyl groups excluding tert-OH is 1. The largest absolute Gasteiger partial charge is 0.394 e. The maximum absolute atomic E-state index is 12.0. The first-order valence-electron chi connectivity index (χ1n) is 6.06. The Hall–Kier alpha value is -1.07. The highest BCUT2D eigenvalue weighted by Crippen LogP contribution is 2.28. The van der Waals surface area contributed by atoms with E-state index in [4.69, 9.17) is 0 Å². The van der Waals surface area contributed by atoms with E-state index >= 15 is 0 Å². The lowest BCUT2D eigenvalue weighted by Gasteiger charge is -2.29. The van der Waals surface area contributed by atoms with Crippen LogP contribution < -0.4 is 10.2 Å². The molecule has 2 rings (SSSR count). The third kappa shape index (κ3) is 2.67. The van der Waals surface area contributed by atoms with Gasteiger partial charge in [0, 0.05) is 17.1 Å². The van der Waals surface area contributed by atoms with Crippen molar-refractivity contribution in [3.05, 3.63) is 28.7 Å². The molecule has 1 amide bonds. The molecule has 5 heteroatoms. The summed E-state index contributed by atoms with van der Waals surface area (Å²) in [4.78, 5) is 14.0. The van der Waals surface area contributed by atoms with Crippen LogP contribution in [0, 0.1) is 0 Å². The van der Waals surface area contributed by atoms with Gasteiger partial charge < -0.3 is 15.3 Å². The Morgan fingerprint density at radius 3 is 2.89 bits per heavy atom. The Balaban J connectivity index is 2.34. The summed E-state index contributed by atoms with van der Waals surface area (Å²) in [5.74, 6) is -0.113. The van der Waals surface area contributed by atoms with E-state index in [-0.39, 0.29) is 18.6 Å². The molecular weight excluding hydrogens is 296 g/mol. The minimum Gasteiger partial charge on any atom is -0.394 e. The number of carbonyl (C=O) groups excluding carboxylic acids is 1. The Morgan fingerprint density at radius 1 is 1.50 bits per heavy atom. The molecule has 0 bridgehead atoms. The number of hydrogen-bond acceptors (Lipinski definition) is 3. The van der Waals surface area contributed by atoms with Gasteiger partial charge >= 0.3 is 0 Å². The van der Waals surface area contributed by atoms with Gasteiger partial charge in [-0.3, -0.25) is 4.79 Å². The van der Waals surface area contributed by atoms with E-state index in [9.17, 15) is 9.90 Å². The van der Waals surface area contributed by atoms with Gasteiger partial charge in [-0.15, -0.1) is 0 Å². The molecule has 18 heavy (non-hydrogen) atoms. The lowest BCUT2D eigenvalue weighted by Crippen LogP contribution is -2.47. The quantitative estimate of drug-likeness (QED) is 0.870. The average molecular weight is 313 g/mol. The van der Waals surface area contributed by atoms with Crippen molar-refractivity contribution in [3.8, 4) is 0 Å². The molecule has 98 valence electrons. The van der Waals surface area contributed by atoms with Crippen molar-refractivity contribution in [1.82, 2.24) is 5.32 Å². The summed E-state index contributed by atoms with van der Waals surface area (Å²) in [6.07, 6.45) is 0.865. The SMILES string of the molecule is CC1CCN(c2ccccc2Br)C(CO)C(=O)N1. The van der Waals surface area contributed by atoms with Gasteiger partial charge in [0.05, 0.1) is 12.3 Å². The van der Waals surface area contributed by atoms with Crippen LogP contribution in [-0.2, 0) is 4.79 Å². The fourth-order valence-corrected chi connectivity index (χ4v) is 2.71. The fraction of sp³-hybridized carbons (Fsp3) is 0.462. The van der Waals surface area contributed by atoms with E-state index in [0.29, 0.717) is 0 Å². The van der Waals surface area contributed by atoms with Crippen LogP contribution in [0.5, 0.6) is 0 Å². The summed E-state index contributed by atoms with van der Waals surface area (Å²) < 4.78 is 0.936. The molecule has 0 radical (unpaired) electrons. The Bertz CT molecular complexity index is 439. The minimum atomic E-state index is -0.520. The van der Waals surface area contributed by atoms with E-state index < -0.39 is 6.04 Å². The first-order valence-corrected chi connectivity index (χ1v) is 6.85. The molecule has 2 N–H and O–H groups in total. The van der Waals surface area contributed by atoms with Gasteiger partial charge in [0.1, 0.15) is 6.04 Å². The van der Waals surface area contributed by atoms with Gasteiger partial charge in [-0.2, -0.15) is 0 Å². The molecule has 0 aromatic heterocycles. The van der Waals surface area contributed by atoms with E-state index in [1.54, 1.807) is 0 Å². The maximum atomic E-state index is 12.0. The van der Waals surface area contributed by atoms with Crippen LogP contribution in [0.25, 0.3) is 0 Å². The second-order valence-electron chi connectivity index (χ2n) is 4.54. The molecule has 1 aromatic rings. The first-order chi connectivity index (χ1) is 8.63. The predicted octanol–water partition coefficient (Wildman–Crippen LogP) is 1.52. The van der Waals surface area contributed by atoms with Gasteiger partial charge in [-0.25, -0.2) is 0 Å². The summed E-state index contributed by atoms with van der Waals surface area (Å²) in [6.45, 7) is 2.55.